The number of amides is 1. The highest BCUT2D eigenvalue weighted by molar-refractivity contribution is 6.03. The fourth-order valence-corrected chi connectivity index (χ4v) is 3.07. The van der Waals surface area contributed by atoms with Crippen LogP contribution in [0, 0.1) is 19.7 Å². The Bertz CT molecular complexity index is 1280. The Morgan fingerprint density at radius 2 is 2.03 bits per heavy atom. The van der Waals surface area contributed by atoms with Crippen LogP contribution in [0.3, 0.4) is 0 Å². The topological polar surface area (TPSA) is 101 Å². The molecule has 0 radical (unpaired) electrons. The average Bonchev–Trinajstić information content (AvgIpc) is 3.30. The van der Waals surface area contributed by atoms with E-state index in [4.69, 9.17) is 4.42 Å². The summed E-state index contributed by atoms with van der Waals surface area (Å²) in [6.07, 6.45) is 3.49. The number of nitrogens with zero attached hydrogens (tertiary/aromatic N) is 6. The van der Waals surface area contributed by atoms with Gasteiger partial charge in [-0.25, -0.2) is 18.9 Å². The van der Waals surface area contributed by atoms with Gasteiger partial charge in [-0.05, 0) is 39.0 Å². The van der Waals surface area contributed by atoms with Crippen LogP contribution in [0.4, 0.5) is 15.8 Å². The summed E-state index contributed by atoms with van der Waals surface area (Å²) in [5, 5.41) is 7.07. The van der Waals surface area contributed by atoms with Crippen molar-refractivity contribution < 1.29 is 13.6 Å². The SMILES string of the molecule is Cc1nc(C)c(C(=O)Nc2ccc(F)c(-c3nc4ncc(N(C)C(C)C)cn4n3)c2)o1. The first-order valence-electron chi connectivity index (χ1n) is 9.73. The second-order valence-electron chi connectivity index (χ2n) is 7.49. The molecular formula is C21H22FN7O2. The third kappa shape index (κ3) is 3.96. The minimum absolute atomic E-state index is 0.111. The van der Waals surface area contributed by atoms with E-state index >= 15 is 0 Å². The normalized spacial score (nSPS) is 11.3. The summed E-state index contributed by atoms with van der Waals surface area (Å²) in [5.41, 5.74) is 1.86. The van der Waals surface area contributed by atoms with Crippen molar-refractivity contribution in [1.29, 1.82) is 0 Å². The molecule has 0 saturated carbocycles. The van der Waals surface area contributed by atoms with Crippen LogP contribution in [-0.4, -0.2) is 43.6 Å². The van der Waals surface area contributed by atoms with Crippen molar-refractivity contribution >= 4 is 23.1 Å². The molecule has 0 saturated heterocycles. The molecule has 1 N–H and O–H groups in total. The molecule has 0 atom stereocenters. The largest absolute Gasteiger partial charge is 0.436 e. The lowest BCUT2D eigenvalue weighted by atomic mass is 10.1. The van der Waals surface area contributed by atoms with E-state index in [0.717, 1.165) is 5.69 Å². The standard InChI is InChI=1S/C21H22FN7O2/c1-11(2)28(5)15-9-23-21-26-19(27-29(21)10-15)16-8-14(6-7-17(16)22)25-20(30)18-12(3)24-13(4)31-18/h6-11H,1-5H3,(H,25,30). The second-order valence-corrected chi connectivity index (χ2v) is 7.49. The summed E-state index contributed by atoms with van der Waals surface area (Å²) in [4.78, 5) is 27.3. The molecule has 9 nitrogen and oxygen atoms in total. The second kappa shape index (κ2) is 7.78. The van der Waals surface area contributed by atoms with Gasteiger partial charge in [0.05, 0.1) is 29.3 Å². The zero-order valence-corrected chi connectivity index (χ0v) is 17.8. The number of rotatable bonds is 5. The molecule has 3 heterocycles. The third-order valence-corrected chi connectivity index (χ3v) is 4.94. The molecule has 1 amide bonds. The minimum Gasteiger partial charge on any atom is -0.436 e. The first-order chi connectivity index (χ1) is 14.7. The van der Waals surface area contributed by atoms with Crippen LogP contribution < -0.4 is 10.2 Å². The molecule has 31 heavy (non-hydrogen) atoms. The van der Waals surface area contributed by atoms with E-state index in [2.05, 4.69) is 39.2 Å². The minimum atomic E-state index is -0.514. The number of benzene rings is 1. The maximum Gasteiger partial charge on any atom is 0.293 e. The van der Waals surface area contributed by atoms with Gasteiger partial charge in [0.15, 0.2) is 11.7 Å². The molecule has 3 aromatic heterocycles. The lowest BCUT2D eigenvalue weighted by molar-refractivity contribution is 0.0994. The van der Waals surface area contributed by atoms with Crippen molar-refractivity contribution in [3.8, 4) is 11.4 Å². The molecule has 1 aromatic carbocycles. The predicted molar refractivity (Wildman–Crippen MR) is 114 cm³/mol. The lowest BCUT2D eigenvalue weighted by Gasteiger charge is -2.22. The molecule has 160 valence electrons. The Morgan fingerprint density at radius 1 is 1.26 bits per heavy atom. The molecule has 0 spiro atoms. The smallest absolute Gasteiger partial charge is 0.293 e. The lowest BCUT2D eigenvalue weighted by Crippen LogP contribution is -2.26. The quantitative estimate of drug-likeness (QED) is 0.523. The van der Waals surface area contributed by atoms with Crippen LogP contribution in [0.15, 0.2) is 35.0 Å². The third-order valence-electron chi connectivity index (χ3n) is 4.94. The molecular weight excluding hydrogens is 401 g/mol. The molecule has 0 fully saturated rings. The van der Waals surface area contributed by atoms with Gasteiger partial charge in [-0.1, -0.05) is 0 Å². The fourth-order valence-electron chi connectivity index (χ4n) is 3.07. The van der Waals surface area contributed by atoms with Gasteiger partial charge in [-0.15, -0.1) is 5.10 Å². The summed E-state index contributed by atoms with van der Waals surface area (Å²) < 4.78 is 21.4. The summed E-state index contributed by atoms with van der Waals surface area (Å²) >= 11 is 0. The van der Waals surface area contributed by atoms with Gasteiger partial charge in [0, 0.05) is 25.7 Å². The number of hydrogen-bond donors (Lipinski definition) is 1. The van der Waals surface area contributed by atoms with Crippen molar-refractivity contribution in [3.05, 3.63) is 53.8 Å². The van der Waals surface area contributed by atoms with Crippen LogP contribution >= 0.6 is 0 Å². The highest BCUT2D eigenvalue weighted by Crippen LogP contribution is 2.25. The van der Waals surface area contributed by atoms with E-state index < -0.39 is 11.7 Å². The van der Waals surface area contributed by atoms with Gasteiger partial charge in [-0.2, -0.15) is 4.98 Å². The van der Waals surface area contributed by atoms with Gasteiger partial charge in [-0.3, -0.25) is 4.79 Å². The van der Waals surface area contributed by atoms with E-state index in [-0.39, 0.29) is 23.2 Å². The van der Waals surface area contributed by atoms with Crippen LogP contribution in [0.1, 0.15) is 36.0 Å². The number of aromatic nitrogens is 5. The maximum absolute atomic E-state index is 14.6. The van der Waals surface area contributed by atoms with Gasteiger partial charge in [0.2, 0.25) is 5.76 Å². The maximum atomic E-state index is 14.6. The molecule has 0 aliphatic heterocycles. The Hall–Kier alpha value is -3.82. The van der Waals surface area contributed by atoms with Crippen LogP contribution in [0.25, 0.3) is 17.2 Å². The number of anilines is 2. The molecule has 0 aliphatic rings. The van der Waals surface area contributed by atoms with Crippen LogP contribution in [0.2, 0.25) is 0 Å². The Labute approximate surface area is 177 Å². The summed E-state index contributed by atoms with van der Waals surface area (Å²) in [5.74, 6) is 0.0305. The van der Waals surface area contributed by atoms with E-state index in [1.165, 1.54) is 22.7 Å². The molecule has 0 aliphatic carbocycles. The predicted octanol–water partition coefficient (Wildman–Crippen LogP) is 3.63. The van der Waals surface area contributed by atoms with Crippen LogP contribution in [0.5, 0.6) is 0 Å². The van der Waals surface area contributed by atoms with Crippen molar-refractivity contribution in [2.45, 2.75) is 33.7 Å². The number of carbonyl (C=O) groups is 1. The van der Waals surface area contributed by atoms with Crippen LogP contribution in [-0.2, 0) is 0 Å². The number of nitrogens with one attached hydrogen (secondary N) is 1. The van der Waals surface area contributed by atoms with Gasteiger partial charge < -0.3 is 14.6 Å². The number of aryl methyl sites for hydroxylation is 2. The number of hydrogen-bond acceptors (Lipinski definition) is 7. The molecule has 10 heteroatoms. The Morgan fingerprint density at radius 3 is 2.71 bits per heavy atom. The Kier molecular flexibility index (Phi) is 5.14. The monoisotopic (exact) mass is 423 g/mol. The van der Waals surface area contributed by atoms with E-state index in [1.807, 2.05) is 11.9 Å². The van der Waals surface area contributed by atoms with Gasteiger partial charge in [0.25, 0.3) is 11.7 Å². The fraction of sp³-hybridized carbons (Fsp3) is 0.286. The number of fused-ring (bicyclic) bond motifs is 1. The highest BCUT2D eigenvalue weighted by atomic mass is 19.1. The number of carbonyl (C=O) groups excluding carboxylic acids is 1. The van der Waals surface area contributed by atoms with Crippen molar-refractivity contribution in [2.75, 3.05) is 17.3 Å². The molecule has 0 bridgehead atoms. The zero-order valence-electron chi connectivity index (χ0n) is 17.8. The van der Waals surface area contributed by atoms with E-state index in [1.54, 1.807) is 26.2 Å². The highest BCUT2D eigenvalue weighted by Gasteiger charge is 2.18. The van der Waals surface area contributed by atoms with Gasteiger partial charge in [0.1, 0.15) is 5.82 Å². The summed E-state index contributed by atoms with van der Waals surface area (Å²) in [6.45, 7) is 7.47. The average molecular weight is 423 g/mol. The first kappa shape index (κ1) is 20.5. The number of oxazole rings is 1. The molecule has 4 aromatic rings. The van der Waals surface area contributed by atoms with Crippen molar-refractivity contribution in [1.82, 2.24) is 24.6 Å². The molecule has 4 rings (SSSR count). The number of halogens is 1. The zero-order chi connectivity index (χ0) is 22.3. The summed E-state index contributed by atoms with van der Waals surface area (Å²) in [7, 11) is 1.95. The Balaban J connectivity index is 1.66. The van der Waals surface area contributed by atoms with Gasteiger partial charge >= 0.3 is 0 Å². The molecule has 0 unspecified atom stereocenters. The van der Waals surface area contributed by atoms with Crippen molar-refractivity contribution in [2.24, 2.45) is 0 Å². The first-order valence-corrected chi connectivity index (χ1v) is 9.73. The van der Waals surface area contributed by atoms with E-state index in [9.17, 15) is 9.18 Å². The summed E-state index contributed by atoms with van der Waals surface area (Å²) in [6, 6.07) is 4.46. The van der Waals surface area contributed by atoms with Crippen molar-refractivity contribution in [3.63, 3.8) is 0 Å². The van der Waals surface area contributed by atoms with E-state index in [0.29, 0.717) is 23.0 Å².